The number of aliphatic hydroxyl groups excluding tert-OH is 1. The number of amides is 3. The van der Waals surface area contributed by atoms with Crippen LogP contribution in [0.1, 0.15) is 35.3 Å². The van der Waals surface area contributed by atoms with Gasteiger partial charge in [-0.05, 0) is 49.4 Å². The molecule has 0 fully saturated rings. The van der Waals surface area contributed by atoms with Crippen molar-refractivity contribution in [3.8, 4) is 23.5 Å². The quantitative estimate of drug-likeness (QED) is 0.459. The lowest BCUT2D eigenvalue weighted by Crippen LogP contribution is -2.50. The van der Waals surface area contributed by atoms with Gasteiger partial charge in [0.1, 0.15) is 17.4 Å². The largest absolute Gasteiger partial charge is 0.497 e. The fourth-order valence-corrected chi connectivity index (χ4v) is 4.30. The molecule has 2 N–H and O–H groups in total. The monoisotopic (exact) mass is 542 g/mol. The highest BCUT2D eigenvalue weighted by Gasteiger charge is 2.34. The number of benzene rings is 2. The number of hydrogen-bond acceptors (Lipinski definition) is 6. The number of nitrogens with one attached hydrogen (secondary N) is 1. The first-order chi connectivity index (χ1) is 19.3. The number of hydrogen-bond donors (Lipinski definition) is 2. The van der Waals surface area contributed by atoms with Gasteiger partial charge in [-0.1, -0.05) is 37.0 Å². The van der Waals surface area contributed by atoms with Crippen molar-refractivity contribution in [3.05, 3.63) is 83.6 Å². The van der Waals surface area contributed by atoms with E-state index in [1.54, 1.807) is 62.5 Å². The van der Waals surface area contributed by atoms with Crippen LogP contribution in [0.2, 0.25) is 0 Å². The number of rotatable bonds is 6. The number of aromatic nitrogens is 1. The van der Waals surface area contributed by atoms with Crippen molar-refractivity contribution < 1.29 is 24.2 Å². The second kappa shape index (κ2) is 13.0. The summed E-state index contributed by atoms with van der Waals surface area (Å²) in [5.41, 5.74) is 2.31. The van der Waals surface area contributed by atoms with Gasteiger partial charge in [-0.3, -0.25) is 4.79 Å². The van der Waals surface area contributed by atoms with E-state index in [2.05, 4.69) is 22.1 Å². The van der Waals surface area contributed by atoms with E-state index in [9.17, 15) is 14.7 Å². The van der Waals surface area contributed by atoms with Crippen LogP contribution < -0.4 is 14.8 Å². The van der Waals surface area contributed by atoms with Crippen LogP contribution in [0.25, 0.3) is 0 Å². The Morgan fingerprint density at radius 3 is 2.58 bits per heavy atom. The molecular formula is C31H34N4O5. The average Bonchev–Trinajstić information content (AvgIpc) is 2.98. The maximum Gasteiger partial charge on any atom is 0.321 e. The molecule has 0 saturated heterocycles. The molecule has 0 saturated carbocycles. The van der Waals surface area contributed by atoms with Crippen LogP contribution in [0.4, 0.5) is 10.5 Å². The van der Waals surface area contributed by atoms with E-state index in [4.69, 9.17) is 9.47 Å². The number of nitrogens with zero attached hydrogens (tertiary/aromatic N) is 3. The number of ether oxygens (including phenoxy) is 2. The molecule has 0 spiro atoms. The van der Waals surface area contributed by atoms with Gasteiger partial charge in [-0.15, -0.1) is 0 Å². The van der Waals surface area contributed by atoms with Crippen LogP contribution in [-0.4, -0.2) is 77.8 Å². The number of likely N-dealkylation sites (N-methyl/N-ethyl adjacent to an activating group) is 1. The molecule has 4 rings (SSSR count). The molecule has 3 aromatic rings. The summed E-state index contributed by atoms with van der Waals surface area (Å²) in [6.07, 6.45) is 1.10. The van der Waals surface area contributed by atoms with Gasteiger partial charge in [0.05, 0.1) is 26.3 Å². The zero-order valence-electron chi connectivity index (χ0n) is 23.1. The van der Waals surface area contributed by atoms with Gasteiger partial charge in [-0.2, -0.15) is 0 Å². The van der Waals surface area contributed by atoms with Crippen molar-refractivity contribution in [2.45, 2.75) is 26.0 Å². The van der Waals surface area contributed by atoms with Gasteiger partial charge < -0.3 is 29.7 Å². The standard InChI is InChI=1S/C31H34N4O5/c1-21-18-35(22(2)20-36)30(37)27-16-24(11-10-23-8-6-5-7-9-23)17-32-29(27)40-28(21)19-34(3)31(38)33-25-12-14-26(39-4)15-13-25/h5-9,12-17,21-22,28,36H,18-20H2,1-4H3,(H,33,38)/t21-,22+,28-/m0/s1. The van der Waals surface area contributed by atoms with Crippen molar-refractivity contribution in [1.29, 1.82) is 0 Å². The van der Waals surface area contributed by atoms with E-state index in [1.165, 1.54) is 4.90 Å². The Kier molecular flexibility index (Phi) is 9.25. The fourth-order valence-electron chi connectivity index (χ4n) is 4.30. The lowest BCUT2D eigenvalue weighted by atomic mass is 10.00. The zero-order valence-corrected chi connectivity index (χ0v) is 23.1. The molecule has 3 atom stereocenters. The third-order valence-corrected chi connectivity index (χ3v) is 6.79. The molecule has 3 amide bonds. The Bertz CT molecular complexity index is 1380. The van der Waals surface area contributed by atoms with Gasteiger partial charge >= 0.3 is 6.03 Å². The van der Waals surface area contributed by atoms with E-state index in [0.29, 0.717) is 23.5 Å². The summed E-state index contributed by atoms with van der Waals surface area (Å²) in [5.74, 6) is 6.56. The summed E-state index contributed by atoms with van der Waals surface area (Å²) in [7, 11) is 3.27. The third kappa shape index (κ3) is 6.90. The Morgan fingerprint density at radius 2 is 1.90 bits per heavy atom. The van der Waals surface area contributed by atoms with Gasteiger partial charge in [0, 0.05) is 42.5 Å². The molecule has 0 unspecified atom stereocenters. The molecule has 0 radical (unpaired) electrons. The predicted octanol–water partition coefficient (Wildman–Crippen LogP) is 3.87. The molecule has 40 heavy (non-hydrogen) atoms. The molecule has 0 bridgehead atoms. The van der Waals surface area contributed by atoms with Crippen molar-refractivity contribution in [2.75, 3.05) is 39.2 Å². The molecule has 208 valence electrons. The SMILES string of the molecule is COc1ccc(NC(=O)N(C)C[C@@H]2Oc3ncc(C#Cc4ccccc4)cc3C(=O)N([C@H](C)CO)C[C@@H]2C)cc1. The van der Waals surface area contributed by atoms with Crippen LogP contribution in [0.3, 0.4) is 0 Å². The molecule has 1 aliphatic rings. The molecule has 9 nitrogen and oxygen atoms in total. The van der Waals surface area contributed by atoms with Crippen LogP contribution in [0.5, 0.6) is 11.6 Å². The Balaban J connectivity index is 1.58. The maximum atomic E-state index is 13.6. The Labute approximate surface area is 234 Å². The van der Waals surface area contributed by atoms with E-state index < -0.39 is 12.1 Å². The van der Waals surface area contributed by atoms with Crippen LogP contribution >= 0.6 is 0 Å². The highest BCUT2D eigenvalue weighted by molar-refractivity contribution is 5.97. The zero-order chi connectivity index (χ0) is 28.6. The minimum absolute atomic E-state index is 0.165. The van der Waals surface area contributed by atoms with Gasteiger partial charge in [0.15, 0.2) is 0 Å². The van der Waals surface area contributed by atoms with Crippen molar-refractivity contribution in [1.82, 2.24) is 14.8 Å². The summed E-state index contributed by atoms with van der Waals surface area (Å²) < 4.78 is 11.5. The lowest BCUT2D eigenvalue weighted by Gasteiger charge is -2.37. The Morgan fingerprint density at radius 1 is 1.20 bits per heavy atom. The fraction of sp³-hybridized carbons (Fsp3) is 0.323. The molecule has 2 heterocycles. The number of methoxy groups -OCH3 is 1. The summed E-state index contributed by atoms with van der Waals surface area (Å²) in [4.78, 5) is 34.2. The van der Waals surface area contributed by atoms with Crippen molar-refractivity contribution >= 4 is 17.6 Å². The Hall–Kier alpha value is -4.55. The molecule has 0 aliphatic carbocycles. The second-order valence-electron chi connectivity index (χ2n) is 9.85. The van der Waals surface area contributed by atoms with Crippen molar-refractivity contribution in [2.24, 2.45) is 5.92 Å². The number of aliphatic hydroxyl groups is 1. The summed E-state index contributed by atoms with van der Waals surface area (Å²) in [5, 5.41) is 12.8. The highest BCUT2D eigenvalue weighted by atomic mass is 16.5. The number of fused-ring (bicyclic) bond motifs is 1. The number of carbonyl (C=O) groups excluding carboxylic acids is 2. The maximum absolute atomic E-state index is 13.6. The first-order valence-electron chi connectivity index (χ1n) is 13.1. The van der Waals surface area contributed by atoms with E-state index in [-0.39, 0.29) is 42.5 Å². The average molecular weight is 543 g/mol. The first kappa shape index (κ1) is 28.5. The van der Waals surface area contributed by atoms with E-state index >= 15 is 0 Å². The smallest absolute Gasteiger partial charge is 0.321 e. The summed E-state index contributed by atoms with van der Waals surface area (Å²) in [6, 6.07) is 17.5. The van der Waals surface area contributed by atoms with Gasteiger partial charge in [-0.25, -0.2) is 9.78 Å². The normalized spacial score (nSPS) is 17.2. The summed E-state index contributed by atoms with van der Waals surface area (Å²) in [6.45, 7) is 4.13. The van der Waals surface area contributed by atoms with Crippen molar-refractivity contribution in [3.63, 3.8) is 0 Å². The minimum atomic E-state index is -0.472. The number of carbonyl (C=O) groups is 2. The van der Waals surface area contributed by atoms with Gasteiger partial charge in [0.25, 0.3) is 5.91 Å². The molecule has 1 aromatic heterocycles. The summed E-state index contributed by atoms with van der Waals surface area (Å²) >= 11 is 0. The van der Waals surface area contributed by atoms with Gasteiger partial charge in [0.2, 0.25) is 5.88 Å². The highest BCUT2D eigenvalue weighted by Crippen LogP contribution is 2.27. The molecule has 2 aromatic carbocycles. The number of anilines is 1. The predicted molar refractivity (Wildman–Crippen MR) is 152 cm³/mol. The second-order valence-corrected chi connectivity index (χ2v) is 9.85. The topological polar surface area (TPSA) is 104 Å². The van der Waals surface area contributed by atoms with Crippen LogP contribution in [-0.2, 0) is 0 Å². The first-order valence-corrected chi connectivity index (χ1v) is 13.1. The number of urea groups is 1. The molecule has 1 aliphatic heterocycles. The number of pyridine rings is 1. The lowest BCUT2D eigenvalue weighted by molar-refractivity contribution is 0.0356. The van der Waals surface area contributed by atoms with E-state index in [0.717, 1.165) is 5.56 Å². The molecule has 9 heteroatoms. The van der Waals surface area contributed by atoms with E-state index in [1.807, 2.05) is 37.3 Å². The van der Waals surface area contributed by atoms with Crippen LogP contribution in [0, 0.1) is 17.8 Å². The minimum Gasteiger partial charge on any atom is -0.497 e. The molecular weight excluding hydrogens is 508 g/mol. The van der Waals surface area contributed by atoms with Crippen LogP contribution in [0.15, 0.2) is 66.9 Å². The third-order valence-electron chi connectivity index (χ3n) is 6.79.